The van der Waals surface area contributed by atoms with Crippen molar-refractivity contribution in [2.45, 2.75) is 58.3 Å². The van der Waals surface area contributed by atoms with Crippen LogP contribution < -0.4 is 5.32 Å². The summed E-state index contributed by atoms with van der Waals surface area (Å²) in [6.45, 7) is 4.89. The molecule has 3 rings (SSSR count). The van der Waals surface area contributed by atoms with E-state index >= 15 is 0 Å². The normalized spacial score (nSPS) is 15.6. The number of hydrogen-bond acceptors (Lipinski definition) is 3. The number of halogens is 4. The van der Waals surface area contributed by atoms with Crippen molar-refractivity contribution in [1.82, 2.24) is 24.9 Å². The minimum absolute atomic E-state index is 0.121. The molecule has 1 fully saturated rings. The van der Waals surface area contributed by atoms with Gasteiger partial charge in [0.05, 0.1) is 22.6 Å². The van der Waals surface area contributed by atoms with Crippen LogP contribution in [0.3, 0.4) is 0 Å². The molecule has 0 spiro atoms. The molecule has 1 aliphatic carbocycles. The summed E-state index contributed by atoms with van der Waals surface area (Å²) in [6.07, 6.45) is -0.145. The van der Waals surface area contributed by atoms with Gasteiger partial charge in [-0.1, -0.05) is 6.92 Å². The van der Waals surface area contributed by atoms with E-state index in [-0.39, 0.29) is 18.4 Å². The highest BCUT2D eigenvalue weighted by molar-refractivity contribution is 9.10. The molecule has 1 amide bonds. The zero-order chi connectivity index (χ0) is 20.5. The number of carbonyl (C=O) groups excluding carboxylic acids is 1. The summed E-state index contributed by atoms with van der Waals surface area (Å²) in [6, 6.07) is 1.12. The molecule has 1 N–H and O–H groups in total. The molecule has 1 unspecified atom stereocenters. The molecule has 0 saturated heterocycles. The standard InChI is InChI=1S/C18H23BrF3N5O/c1-11(17(28)23-6-3-7-26-10-14(19)12(2)24-26)9-27-15(13-4-5-13)8-16(25-27)18(20,21)22/h8,10-11,13H,3-7,9H2,1-2H3,(H,23,28). The lowest BCUT2D eigenvalue weighted by atomic mass is 10.1. The van der Waals surface area contributed by atoms with Crippen molar-refractivity contribution in [2.24, 2.45) is 5.92 Å². The number of rotatable bonds is 8. The van der Waals surface area contributed by atoms with Crippen molar-refractivity contribution in [3.63, 3.8) is 0 Å². The van der Waals surface area contributed by atoms with Crippen molar-refractivity contribution in [1.29, 1.82) is 0 Å². The van der Waals surface area contributed by atoms with Gasteiger partial charge in [-0.25, -0.2) is 0 Å². The molecule has 6 nitrogen and oxygen atoms in total. The van der Waals surface area contributed by atoms with E-state index in [1.807, 2.05) is 13.1 Å². The SMILES string of the molecule is Cc1nn(CCCNC(=O)C(C)Cn2nc(C(F)(F)F)cc2C2CC2)cc1Br. The summed E-state index contributed by atoms with van der Waals surface area (Å²) in [4.78, 5) is 12.3. The lowest BCUT2D eigenvalue weighted by molar-refractivity contribution is -0.141. The second kappa shape index (κ2) is 8.26. The van der Waals surface area contributed by atoms with Crippen LogP contribution in [0, 0.1) is 12.8 Å². The fraction of sp³-hybridized carbons (Fsp3) is 0.611. The Balaban J connectivity index is 1.50. The van der Waals surface area contributed by atoms with Crippen molar-refractivity contribution in [3.05, 3.63) is 33.8 Å². The maximum Gasteiger partial charge on any atom is 0.435 e. The third-order valence-electron chi connectivity index (χ3n) is 4.74. The number of alkyl halides is 3. The predicted molar refractivity (Wildman–Crippen MR) is 101 cm³/mol. The Morgan fingerprint density at radius 3 is 2.68 bits per heavy atom. The van der Waals surface area contributed by atoms with Crippen LogP contribution in [0.5, 0.6) is 0 Å². The van der Waals surface area contributed by atoms with Crippen LogP contribution >= 0.6 is 15.9 Å². The van der Waals surface area contributed by atoms with Crippen LogP contribution in [0.15, 0.2) is 16.7 Å². The van der Waals surface area contributed by atoms with Crippen molar-refractivity contribution in [2.75, 3.05) is 6.54 Å². The summed E-state index contributed by atoms with van der Waals surface area (Å²) < 4.78 is 43.0. The van der Waals surface area contributed by atoms with Gasteiger partial charge < -0.3 is 5.32 Å². The maximum atomic E-state index is 13.0. The predicted octanol–water partition coefficient (Wildman–Crippen LogP) is 3.89. The Morgan fingerprint density at radius 1 is 1.39 bits per heavy atom. The van der Waals surface area contributed by atoms with Crippen LogP contribution in [-0.4, -0.2) is 32.0 Å². The number of aryl methyl sites for hydroxylation is 2. The first-order valence-electron chi connectivity index (χ1n) is 9.27. The van der Waals surface area contributed by atoms with Gasteiger partial charge >= 0.3 is 6.18 Å². The first-order chi connectivity index (χ1) is 13.1. The summed E-state index contributed by atoms with van der Waals surface area (Å²) in [5.41, 5.74) is 0.593. The van der Waals surface area contributed by atoms with Gasteiger partial charge in [0.1, 0.15) is 0 Å². The Bertz CT molecular complexity index is 821. The molecule has 0 radical (unpaired) electrons. The molecule has 28 heavy (non-hydrogen) atoms. The van der Waals surface area contributed by atoms with E-state index < -0.39 is 17.8 Å². The molecule has 2 heterocycles. The van der Waals surface area contributed by atoms with E-state index in [4.69, 9.17) is 0 Å². The topological polar surface area (TPSA) is 64.7 Å². The van der Waals surface area contributed by atoms with E-state index in [2.05, 4.69) is 31.4 Å². The van der Waals surface area contributed by atoms with Crippen molar-refractivity contribution >= 4 is 21.8 Å². The minimum atomic E-state index is -4.47. The second-order valence-corrected chi connectivity index (χ2v) is 8.13. The van der Waals surface area contributed by atoms with Gasteiger partial charge in [-0.3, -0.25) is 14.2 Å². The Labute approximate surface area is 169 Å². The van der Waals surface area contributed by atoms with Gasteiger partial charge in [0.2, 0.25) is 5.91 Å². The maximum absolute atomic E-state index is 13.0. The van der Waals surface area contributed by atoms with Crippen molar-refractivity contribution < 1.29 is 18.0 Å². The molecule has 10 heteroatoms. The minimum Gasteiger partial charge on any atom is -0.356 e. The summed E-state index contributed by atoms with van der Waals surface area (Å²) in [5.74, 6) is -0.543. The van der Waals surface area contributed by atoms with Crippen LogP contribution in [0.2, 0.25) is 0 Å². The molecular weight excluding hydrogens is 439 g/mol. The molecule has 1 aliphatic rings. The molecule has 1 saturated carbocycles. The summed E-state index contributed by atoms with van der Waals surface area (Å²) >= 11 is 3.40. The quantitative estimate of drug-likeness (QED) is 0.606. The third kappa shape index (κ3) is 5.15. The fourth-order valence-electron chi connectivity index (χ4n) is 3.00. The van der Waals surface area contributed by atoms with Gasteiger partial charge in [0, 0.05) is 30.9 Å². The summed E-state index contributed by atoms with van der Waals surface area (Å²) in [7, 11) is 0. The average Bonchev–Trinajstić information content (AvgIpc) is 3.28. The number of amides is 1. The molecule has 0 aromatic carbocycles. The Hall–Kier alpha value is -1.84. The zero-order valence-electron chi connectivity index (χ0n) is 15.8. The van der Waals surface area contributed by atoms with E-state index in [0.717, 1.165) is 29.1 Å². The van der Waals surface area contributed by atoms with Crippen LogP contribution in [0.25, 0.3) is 0 Å². The van der Waals surface area contributed by atoms with E-state index in [0.29, 0.717) is 25.2 Å². The third-order valence-corrected chi connectivity index (χ3v) is 5.52. The smallest absolute Gasteiger partial charge is 0.356 e. The molecule has 154 valence electrons. The van der Waals surface area contributed by atoms with Gasteiger partial charge in [0.15, 0.2) is 5.69 Å². The highest BCUT2D eigenvalue weighted by atomic mass is 79.9. The van der Waals surface area contributed by atoms with Crippen LogP contribution in [0.1, 0.15) is 49.2 Å². The largest absolute Gasteiger partial charge is 0.435 e. The van der Waals surface area contributed by atoms with Crippen LogP contribution in [-0.2, 0) is 24.1 Å². The second-order valence-electron chi connectivity index (χ2n) is 7.28. The van der Waals surface area contributed by atoms with E-state index in [1.165, 1.54) is 4.68 Å². The van der Waals surface area contributed by atoms with Crippen molar-refractivity contribution in [3.8, 4) is 0 Å². The molecule has 2 aromatic heterocycles. The monoisotopic (exact) mass is 461 g/mol. The first-order valence-corrected chi connectivity index (χ1v) is 10.1. The molecular formula is C18H23BrF3N5O. The molecule has 1 atom stereocenters. The number of aromatic nitrogens is 4. The molecule has 0 bridgehead atoms. The molecule has 0 aliphatic heterocycles. The number of nitrogens with zero attached hydrogens (tertiary/aromatic N) is 4. The average molecular weight is 462 g/mol. The van der Waals surface area contributed by atoms with E-state index in [1.54, 1.807) is 11.6 Å². The molecule has 2 aromatic rings. The lowest BCUT2D eigenvalue weighted by Gasteiger charge is -2.14. The first kappa shape index (κ1) is 20.9. The highest BCUT2D eigenvalue weighted by Crippen LogP contribution is 2.42. The number of hydrogen-bond donors (Lipinski definition) is 1. The summed E-state index contributed by atoms with van der Waals surface area (Å²) in [5, 5.41) is 10.9. The van der Waals surface area contributed by atoms with Gasteiger partial charge in [-0.05, 0) is 48.2 Å². The van der Waals surface area contributed by atoms with Crippen LogP contribution in [0.4, 0.5) is 13.2 Å². The zero-order valence-corrected chi connectivity index (χ0v) is 17.3. The van der Waals surface area contributed by atoms with Gasteiger partial charge in [0.25, 0.3) is 0 Å². The number of nitrogens with one attached hydrogen (secondary N) is 1. The Kier molecular flexibility index (Phi) is 6.16. The van der Waals surface area contributed by atoms with Gasteiger partial charge in [-0.2, -0.15) is 23.4 Å². The fourth-order valence-corrected chi connectivity index (χ4v) is 3.32. The Morgan fingerprint density at radius 2 is 2.11 bits per heavy atom. The van der Waals surface area contributed by atoms with Gasteiger partial charge in [-0.15, -0.1) is 0 Å². The highest BCUT2D eigenvalue weighted by Gasteiger charge is 2.38. The van der Waals surface area contributed by atoms with E-state index in [9.17, 15) is 18.0 Å². The lowest BCUT2D eigenvalue weighted by Crippen LogP contribution is -2.33. The number of carbonyl (C=O) groups is 1.